The predicted molar refractivity (Wildman–Crippen MR) is 62.3 cm³/mol. The highest BCUT2D eigenvalue weighted by Crippen LogP contribution is 2.27. The van der Waals surface area contributed by atoms with Crippen LogP contribution in [0.25, 0.3) is 0 Å². The van der Waals surface area contributed by atoms with Gasteiger partial charge in [-0.3, -0.25) is 9.59 Å². The molecular weight excluding hydrogens is 228 g/mol. The van der Waals surface area contributed by atoms with Crippen LogP contribution in [0.4, 0.5) is 0 Å². The second-order valence-electron chi connectivity index (χ2n) is 3.31. The molecule has 0 aliphatic heterocycles. The zero-order valence-corrected chi connectivity index (χ0v) is 9.95. The van der Waals surface area contributed by atoms with Gasteiger partial charge in [0.05, 0.1) is 6.61 Å². The molecule has 1 aromatic carbocycles. The van der Waals surface area contributed by atoms with Crippen molar-refractivity contribution in [3.63, 3.8) is 0 Å². The molecule has 0 saturated heterocycles. The van der Waals surface area contributed by atoms with Crippen LogP contribution in [0.1, 0.15) is 35.1 Å². The van der Waals surface area contributed by atoms with Gasteiger partial charge < -0.3 is 4.74 Å². The molecule has 1 atom stereocenters. The Labute approximate surface area is 99.4 Å². The number of benzene rings is 1. The van der Waals surface area contributed by atoms with Gasteiger partial charge in [-0.2, -0.15) is 0 Å². The van der Waals surface area contributed by atoms with Crippen LogP contribution in [-0.2, 0) is 4.79 Å². The zero-order valence-electron chi connectivity index (χ0n) is 9.20. The zero-order chi connectivity index (χ0) is 12.1. The van der Waals surface area contributed by atoms with Crippen LogP contribution in [0.15, 0.2) is 18.2 Å². The van der Waals surface area contributed by atoms with E-state index in [9.17, 15) is 9.59 Å². The third kappa shape index (κ3) is 2.83. The van der Waals surface area contributed by atoms with Gasteiger partial charge >= 0.3 is 0 Å². The number of aldehydes is 1. The van der Waals surface area contributed by atoms with Crippen molar-refractivity contribution in [2.24, 2.45) is 0 Å². The fraction of sp³-hybridized carbons (Fsp3) is 0.333. The van der Waals surface area contributed by atoms with Crippen molar-refractivity contribution in [3.05, 3.63) is 29.3 Å². The summed E-state index contributed by atoms with van der Waals surface area (Å²) in [5.41, 5.74) is 0.911. The van der Waals surface area contributed by atoms with Crippen molar-refractivity contribution < 1.29 is 14.3 Å². The van der Waals surface area contributed by atoms with Gasteiger partial charge in [-0.25, -0.2) is 0 Å². The first-order chi connectivity index (χ1) is 7.60. The van der Waals surface area contributed by atoms with E-state index in [2.05, 4.69) is 0 Å². The Bertz CT molecular complexity index is 401. The van der Waals surface area contributed by atoms with Crippen LogP contribution in [0, 0.1) is 0 Å². The van der Waals surface area contributed by atoms with Crippen LogP contribution < -0.4 is 4.74 Å². The fourth-order valence-electron chi connectivity index (χ4n) is 1.36. The Morgan fingerprint density at radius 3 is 2.75 bits per heavy atom. The van der Waals surface area contributed by atoms with E-state index in [1.807, 2.05) is 6.92 Å². The van der Waals surface area contributed by atoms with Crippen LogP contribution >= 0.6 is 11.6 Å². The topological polar surface area (TPSA) is 43.4 Å². The number of hydrogen-bond donors (Lipinski definition) is 0. The lowest BCUT2D eigenvalue weighted by molar-refractivity contribution is -0.116. The molecule has 0 saturated carbocycles. The molecule has 1 rings (SSSR count). The molecule has 0 amide bonds. The number of ketones is 1. The summed E-state index contributed by atoms with van der Waals surface area (Å²) in [4.78, 5) is 22.0. The van der Waals surface area contributed by atoms with Gasteiger partial charge in [0.1, 0.15) is 11.1 Å². The average Bonchev–Trinajstić information content (AvgIpc) is 2.28. The number of hydrogen-bond acceptors (Lipinski definition) is 3. The summed E-state index contributed by atoms with van der Waals surface area (Å²) in [6.45, 7) is 3.77. The summed E-state index contributed by atoms with van der Waals surface area (Å²) in [7, 11) is 0. The molecule has 86 valence electrons. The van der Waals surface area contributed by atoms with Gasteiger partial charge in [0, 0.05) is 5.56 Å². The van der Waals surface area contributed by atoms with Crippen LogP contribution in [0.5, 0.6) is 5.75 Å². The highest BCUT2D eigenvalue weighted by atomic mass is 35.5. The molecule has 4 heteroatoms. The van der Waals surface area contributed by atoms with E-state index >= 15 is 0 Å². The molecule has 0 heterocycles. The number of alkyl halides is 1. The Morgan fingerprint density at radius 1 is 1.56 bits per heavy atom. The molecule has 1 aromatic rings. The molecule has 0 fully saturated rings. The van der Waals surface area contributed by atoms with Crippen molar-refractivity contribution in [1.29, 1.82) is 0 Å². The van der Waals surface area contributed by atoms with Gasteiger partial charge in [-0.15, -0.1) is 11.6 Å². The van der Waals surface area contributed by atoms with Crippen molar-refractivity contribution in [2.75, 3.05) is 6.61 Å². The second-order valence-corrected chi connectivity index (χ2v) is 3.75. The molecule has 0 N–H and O–H groups in total. The predicted octanol–water partition coefficient (Wildman–Crippen LogP) is 2.77. The van der Waals surface area contributed by atoms with Gasteiger partial charge in [-0.05, 0) is 31.5 Å². The third-order valence-electron chi connectivity index (χ3n) is 2.13. The number of ether oxygens (including phenoxy) is 1. The number of rotatable bonds is 5. The Morgan fingerprint density at radius 2 is 2.25 bits per heavy atom. The maximum absolute atomic E-state index is 11.1. The SMILES string of the molecule is CCOc1ccc(C(Cl)C(C)=O)c(C=O)c1. The van der Waals surface area contributed by atoms with Crippen molar-refractivity contribution >= 4 is 23.7 Å². The standard InChI is InChI=1S/C12H13ClO3/c1-3-16-10-4-5-11(9(6-10)7-14)12(13)8(2)15/h4-7,12H,3H2,1-2H3. The van der Waals surface area contributed by atoms with E-state index < -0.39 is 5.38 Å². The first-order valence-corrected chi connectivity index (χ1v) is 5.40. The van der Waals surface area contributed by atoms with E-state index in [4.69, 9.17) is 16.3 Å². The quantitative estimate of drug-likeness (QED) is 0.587. The van der Waals surface area contributed by atoms with Crippen molar-refractivity contribution in [3.8, 4) is 5.75 Å². The molecule has 0 aliphatic carbocycles. The van der Waals surface area contributed by atoms with Crippen LogP contribution in [0.2, 0.25) is 0 Å². The number of halogens is 1. The first kappa shape index (κ1) is 12.7. The minimum Gasteiger partial charge on any atom is -0.494 e. The van der Waals surface area contributed by atoms with Gasteiger partial charge in [0.2, 0.25) is 0 Å². The summed E-state index contributed by atoms with van der Waals surface area (Å²) in [5, 5.41) is -0.782. The van der Waals surface area contributed by atoms with E-state index in [1.54, 1.807) is 18.2 Å². The smallest absolute Gasteiger partial charge is 0.152 e. The lowest BCUT2D eigenvalue weighted by Gasteiger charge is -2.10. The molecule has 0 aromatic heterocycles. The molecule has 0 radical (unpaired) electrons. The van der Waals surface area contributed by atoms with E-state index in [1.165, 1.54) is 6.92 Å². The van der Waals surface area contributed by atoms with E-state index in [-0.39, 0.29) is 5.78 Å². The maximum Gasteiger partial charge on any atom is 0.152 e. The van der Waals surface area contributed by atoms with Gasteiger partial charge in [0.15, 0.2) is 12.1 Å². The summed E-state index contributed by atoms with van der Waals surface area (Å²) in [6.07, 6.45) is 0.677. The molecule has 0 spiro atoms. The van der Waals surface area contributed by atoms with Crippen LogP contribution in [-0.4, -0.2) is 18.7 Å². The number of carbonyl (C=O) groups is 2. The van der Waals surface area contributed by atoms with Crippen LogP contribution in [0.3, 0.4) is 0 Å². The lowest BCUT2D eigenvalue weighted by Crippen LogP contribution is -2.05. The summed E-state index contributed by atoms with van der Waals surface area (Å²) < 4.78 is 5.26. The Hall–Kier alpha value is -1.35. The molecule has 1 unspecified atom stereocenters. The highest BCUT2D eigenvalue weighted by molar-refractivity contribution is 6.31. The molecule has 3 nitrogen and oxygen atoms in total. The lowest BCUT2D eigenvalue weighted by atomic mass is 10.0. The first-order valence-electron chi connectivity index (χ1n) is 4.96. The number of carbonyl (C=O) groups excluding carboxylic acids is 2. The van der Waals surface area contributed by atoms with E-state index in [0.29, 0.717) is 29.8 Å². The van der Waals surface area contributed by atoms with Crippen molar-refractivity contribution in [2.45, 2.75) is 19.2 Å². The van der Waals surface area contributed by atoms with Crippen molar-refractivity contribution in [1.82, 2.24) is 0 Å². The molecule has 16 heavy (non-hydrogen) atoms. The third-order valence-corrected chi connectivity index (χ3v) is 2.67. The minimum atomic E-state index is -0.782. The molecular formula is C12H13ClO3. The Kier molecular flexibility index (Phi) is 4.50. The summed E-state index contributed by atoms with van der Waals surface area (Å²) in [6, 6.07) is 4.93. The highest BCUT2D eigenvalue weighted by Gasteiger charge is 2.17. The fourth-order valence-corrected chi connectivity index (χ4v) is 1.56. The second kappa shape index (κ2) is 5.66. The average molecular weight is 241 g/mol. The van der Waals surface area contributed by atoms with Gasteiger partial charge in [-0.1, -0.05) is 6.07 Å². The largest absolute Gasteiger partial charge is 0.494 e. The maximum atomic E-state index is 11.1. The van der Waals surface area contributed by atoms with E-state index in [0.717, 1.165) is 0 Å². The normalized spacial score (nSPS) is 11.9. The molecule has 0 bridgehead atoms. The van der Waals surface area contributed by atoms with Gasteiger partial charge in [0.25, 0.3) is 0 Å². The molecule has 0 aliphatic rings. The monoisotopic (exact) mass is 240 g/mol. The summed E-state index contributed by atoms with van der Waals surface area (Å²) in [5.74, 6) is 0.412. The summed E-state index contributed by atoms with van der Waals surface area (Å²) >= 11 is 5.91. The Balaban J connectivity index is 3.11. The number of Topliss-reactive ketones (excluding diaryl/α,β-unsaturated/α-hetero) is 1. The minimum absolute atomic E-state index is 0.186.